The number of anilines is 1. The summed E-state index contributed by atoms with van der Waals surface area (Å²) in [7, 11) is 0. The first kappa shape index (κ1) is 22.9. The molecule has 2 heterocycles. The Bertz CT molecular complexity index is 1280. The van der Waals surface area contributed by atoms with Crippen LogP contribution in [0.1, 0.15) is 30.0 Å². The number of halogens is 3. The number of hydrogen-bond donors (Lipinski definition) is 1. The number of carbonyl (C=O) groups is 2. The van der Waals surface area contributed by atoms with Gasteiger partial charge in [-0.15, -0.1) is 0 Å². The molecule has 2 aliphatic rings. The van der Waals surface area contributed by atoms with E-state index in [1.54, 1.807) is 6.07 Å². The van der Waals surface area contributed by atoms with Crippen LogP contribution < -0.4 is 10.2 Å². The third-order valence-corrected chi connectivity index (χ3v) is 6.24. The maximum atomic E-state index is 12.9. The number of aromatic nitrogens is 1. The van der Waals surface area contributed by atoms with Gasteiger partial charge in [0.1, 0.15) is 11.8 Å². The molecule has 35 heavy (non-hydrogen) atoms. The second kappa shape index (κ2) is 8.75. The third kappa shape index (κ3) is 4.48. The van der Waals surface area contributed by atoms with Gasteiger partial charge < -0.3 is 14.6 Å². The van der Waals surface area contributed by atoms with Crippen LogP contribution in [0.15, 0.2) is 47.0 Å². The maximum Gasteiger partial charge on any atom is 0.416 e. The number of fused-ring (bicyclic) bond motifs is 3. The van der Waals surface area contributed by atoms with Crippen molar-refractivity contribution in [2.75, 3.05) is 18.0 Å². The first-order valence-corrected chi connectivity index (χ1v) is 11.2. The Morgan fingerprint density at radius 3 is 2.66 bits per heavy atom. The number of aryl methyl sites for hydroxylation is 1. The SMILES string of the molecule is CC(=O)NC[C@H]1CN(c2ccc3c(c2)CCCc2c(-c4ccc(C(F)(F)F)cc4)noc2-3)C(=O)O1. The molecule has 0 spiro atoms. The number of nitrogens with zero attached hydrogens (tertiary/aromatic N) is 2. The Balaban J connectivity index is 1.42. The van der Waals surface area contributed by atoms with Crippen LogP contribution in [0.25, 0.3) is 22.6 Å². The lowest BCUT2D eigenvalue weighted by molar-refractivity contribution is -0.137. The van der Waals surface area contributed by atoms with Gasteiger partial charge in [-0.3, -0.25) is 9.69 Å². The smallest absolute Gasteiger partial charge is 0.416 e. The van der Waals surface area contributed by atoms with Crippen LogP contribution in [0.5, 0.6) is 0 Å². The van der Waals surface area contributed by atoms with Gasteiger partial charge >= 0.3 is 12.3 Å². The summed E-state index contributed by atoms with van der Waals surface area (Å²) < 4.78 is 49.8. The van der Waals surface area contributed by atoms with Crippen LogP contribution in [0, 0.1) is 0 Å². The van der Waals surface area contributed by atoms with Crippen LogP contribution in [0.3, 0.4) is 0 Å². The Morgan fingerprint density at radius 2 is 1.94 bits per heavy atom. The molecule has 3 aromatic rings. The van der Waals surface area contributed by atoms with E-state index in [9.17, 15) is 22.8 Å². The lowest BCUT2D eigenvalue weighted by atomic mass is 9.99. The highest BCUT2D eigenvalue weighted by Crippen LogP contribution is 2.40. The van der Waals surface area contributed by atoms with E-state index >= 15 is 0 Å². The van der Waals surface area contributed by atoms with Crippen molar-refractivity contribution < 1.29 is 32.0 Å². The van der Waals surface area contributed by atoms with E-state index in [-0.39, 0.29) is 12.5 Å². The number of cyclic esters (lactones) is 1. The van der Waals surface area contributed by atoms with Gasteiger partial charge in [0.25, 0.3) is 0 Å². The zero-order chi connectivity index (χ0) is 24.7. The quantitative estimate of drug-likeness (QED) is 0.564. The zero-order valence-electron chi connectivity index (χ0n) is 18.8. The lowest BCUT2D eigenvalue weighted by Gasteiger charge is -2.15. The van der Waals surface area contributed by atoms with Gasteiger partial charge in [0.2, 0.25) is 5.91 Å². The first-order valence-electron chi connectivity index (χ1n) is 11.2. The minimum absolute atomic E-state index is 0.192. The molecule has 182 valence electrons. The molecule has 0 bridgehead atoms. The monoisotopic (exact) mass is 485 g/mol. The van der Waals surface area contributed by atoms with Gasteiger partial charge in [-0.2, -0.15) is 13.2 Å². The van der Waals surface area contributed by atoms with E-state index in [0.29, 0.717) is 35.7 Å². The molecule has 1 aliphatic heterocycles. The van der Waals surface area contributed by atoms with Crippen molar-refractivity contribution >= 4 is 17.7 Å². The summed E-state index contributed by atoms with van der Waals surface area (Å²) in [5.74, 6) is 0.398. The second-order valence-corrected chi connectivity index (χ2v) is 8.66. The molecule has 1 aromatic heterocycles. The zero-order valence-corrected chi connectivity index (χ0v) is 18.8. The number of benzene rings is 2. The predicted octanol–water partition coefficient (Wildman–Crippen LogP) is 4.98. The van der Waals surface area contributed by atoms with Crippen molar-refractivity contribution in [2.24, 2.45) is 0 Å². The number of alkyl halides is 3. The molecule has 2 aromatic carbocycles. The molecule has 1 fully saturated rings. The van der Waals surface area contributed by atoms with Gasteiger partial charge in [-0.05, 0) is 55.2 Å². The number of hydrogen-bond acceptors (Lipinski definition) is 5. The van der Waals surface area contributed by atoms with E-state index in [2.05, 4.69) is 10.5 Å². The highest BCUT2D eigenvalue weighted by atomic mass is 19.4. The van der Waals surface area contributed by atoms with Crippen LogP contribution in [0.2, 0.25) is 0 Å². The van der Waals surface area contributed by atoms with Crippen LogP contribution in [0.4, 0.5) is 23.7 Å². The van der Waals surface area contributed by atoms with Gasteiger partial charge in [0, 0.05) is 29.3 Å². The van der Waals surface area contributed by atoms with Crippen molar-refractivity contribution in [3.63, 3.8) is 0 Å². The minimum Gasteiger partial charge on any atom is -0.442 e. The number of rotatable bonds is 4. The maximum absolute atomic E-state index is 12.9. The summed E-state index contributed by atoms with van der Waals surface area (Å²) in [5, 5.41) is 6.84. The third-order valence-electron chi connectivity index (χ3n) is 6.24. The van der Waals surface area contributed by atoms with E-state index in [1.807, 2.05) is 12.1 Å². The average Bonchev–Trinajstić information content (AvgIpc) is 3.35. The van der Waals surface area contributed by atoms with Crippen molar-refractivity contribution in [3.8, 4) is 22.6 Å². The summed E-state index contributed by atoms with van der Waals surface area (Å²) in [5.41, 5.74) is 3.75. The van der Waals surface area contributed by atoms with Crippen molar-refractivity contribution in [1.29, 1.82) is 0 Å². The standard InChI is InChI=1S/C25H22F3N3O4/c1-14(32)29-12-19-13-31(24(33)34-19)18-9-10-20-16(11-18)3-2-4-21-22(30-35-23(20)21)15-5-7-17(8-6-15)25(26,27)28/h5-11,19H,2-4,12-13H2,1H3,(H,29,32)/t19-/m0/s1. The molecule has 1 saturated heterocycles. The summed E-state index contributed by atoms with van der Waals surface area (Å²) in [6.07, 6.45) is -3.13. The normalized spacial score (nSPS) is 17.4. The average molecular weight is 485 g/mol. The number of amides is 2. The molecule has 1 N–H and O–H groups in total. The van der Waals surface area contributed by atoms with Crippen LogP contribution >= 0.6 is 0 Å². The largest absolute Gasteiger partial charge is 0.442 e. The molecule has 0 saturated carbocycles. The van der Waals surface area contributed by atoms with Crippen molar-refractivity contribution in [1.82, 2.24) is 10.5 Å². The summed E-state index contributed by atoms with van der Waals surface area (Å²) >= 11 is 0. The summed E-state index contributed by atoms with van der Waals surface area (Å²) in [6.45, 7) is 1.97. The van der Waals surface area contributed by atoms with Gasteiger partial charge in [-0.1, -0.05) is 17.3 Å². The van der Waals surface area contributed by atoms with E-state index in [4.69, 9.17) is 9.26 Å². The van der Waals surface area contributed by atoms with Gasteiger partial charge in [0.05, 0.1) is 18.7 Å². The van der Waals surface area contributed by atoms with E-state index in [0.717, 1.165) is 41.7 Å². The molecular formula is C25H22F3N3O4. The highest BCUT2D eigenvalue weighted by Gasteiger charge is 2.34. The Kier molecular flexibility index (Phi) is 5.74. The molecule has 7 nitrogen and oxygen atoms in total. The molecule has 1 atom stereocenters. The van der Waals surface area contributed by atoms with Crippen molar-refractivity contribution in [2.45, 2.75) is 38.5 Å². The molecule has 0 unspecified atom stereocenters. The van der Waals surface area contributed by atoms with Crippen molar-refractivity contribution in [3.05, 3.63) is 59.2 Å². The molecule has 10 heteroatoms. The molecular weight excluding hydrogens is 463 g/mol. The summed E-state index contributed by atoms with van der Waals surface area (Å²) in [4.78, 5) is 25.1. The topological polar surface area (TPSA) is 84.7 Å². The molecule has 5 rings (SSSR count). The summed E-state index contributed by atoms with van der Waals surface area (Å²) in [6, 6.07) is 10.5. The van der Waals surface area contributed by atoms with E-state index in [1.165, 1.54) is 24.0 Å². The molecule has 2 amide bonds. The van der Waals surface area contributed by atoms with Gasteiger partial charge in [0.15, 0.2) is 5.76 Å². The number of carbonyl (C=O) groups excluding carboxylic acids is 2. The predicted molar refractivity (Wildman–Crippen MR) is 121 cm³/mol. The Labute approximate surface area is 198 Å². The molecule has 1 aliphatic carbocycles. The Hall–Kier alpha value is -3.82. The lowest BCUT2D eigenvalue weighted by Crippen LogP contribution is -2.33. The minimum atomic E-state index is -4.40. The highest BCUT2D eigenvalue weighted by molar-refractivity contribution is 5.90. The Morgan fingerprint density at radius 1 is 1.17 bits per heavy atom. The fourth-order valence-corrected chi connectivity index (χ4v) is 4.52. The van der Waals surface area contributed by atoms with Gasteiger partial charge in [-0.25, -0.2) is 4.79 Å². The number of ether oxygens (including phenoxy) is 1. The fourth-order valence-electron chi connectivity index (χ4n) is 4.52. The first-order chi connectivity index (χ1) is 16.7. The number of nitrogens with one attached hydrogen (secondary N) is 1. The van der Waals surface area contributed by atoms with Crippen LogP contribution in [-0.4, -0.2) is 36.4 Å². The second-order valence-electron chi connectivity index (χ2n) is 8.66. The van der Waals surface area contributed by atoms with E-state index < -0.39 is 23.9 Å². The fraction of sp³-hybridized carbons (Fsp3) is 0.320. The van der Waals surface area contributed by atoms with Crippen LogP contribution in [-0.2, 0) is 28.5 Å². The molecule has 0 radical (unpaired) electrons.